The Labute approximate surface area is 152 Å². The summed E-state index contributed by atoms with van der Waals surface area (Å²) in [7, 11) is 2.04. The zero-order valence-corrected chi connectivity index (χ0v) is 16.8. The number of nitrogens with zero attached hydrogens (tertiary/aromatic N) is 4. The fourth-order valence-electron chi connectivity index (χ4n) is 4.68. The van der Waals surface area contributed by atoms with Crippen molar-refractivity contribution in [2.24, 2.45) is 12.5 Å². The molecule has 2 aliphatic heterocycles. The minimum atomic E-state index is -0.271. The van der Waals surface area contributed by atoms with E-state index in [4.69, 9.17) is 0 Å². The highest BCUT2D eigenvalue weighted by Crippen LogP contribution is 2.39. The average molecular weight is 347 g/mol. The standard InChI is InChI=1S/C20H34N4O/c1-14-18(15(2)22(6)21-14)17-8-7-11-24(17)16-9-12-23(13-10-16)19(25)20(3,4)5/h16-17H,7-13H2,1-6H3/t17-/m1/s1. The van der Waals surface area contributed by atoms with Crippen molar-refractivity contribution in [3.8, 4) is 0 Å². The molecule has 140 valence electrons. The summed E-state index contributed by atoms with van der Waals surface area (Å²) in [6.45, 7) is 13.4. The number of aryl methyl sites for hydroxylation is 2. The monoisotopic (exact) mass is 346 g/mol. The van der Waals surface area contributed by atoms with Gasteiger partial charge in [-0.3, -0.25) is 14.4 Å². The van der Waals surface area contributed by atoms with Crippen LogP contribution in [-0.2, 0) is 11.8 Å². The lowest BCUT2D eigenvalue weighted by Gasteiger charge is -2.41. The van der Waals surface area contributed by atoms with Crippen molar-refractivity contribution in [2.75, 3.05) is 19.6 Å². The number of carbonyl (C=O) groups is 1. The molecule has 2 aliphatic rings. The Kier molecular flexibility index (Phi) is 4.97. The second-order valence-electron chi connectivity index (χ2n) is 8.88. The molecule has 0 saturated carbocycles. The molecule has 1 atom stereocenters. The molecule has 1 amide bonds. The molecule has 25 heavy (non-hydrogen) atoms. The predicted molar refractivity (Wildman–Crippen MR) is 100 cm³/mol. The van der Waals surface area contributed by atoms with Gasteiger partial charge in [0.25, 0.3) is 0 Å². The van der Waals surface area contributed by atoms with Gasteiger partial charge in [-0.25, -0.2) is 0 Å². The van der Waals surface area contributed by atoms with Crippen LogP contribution in [0, 0.1) is 19.3 Å². The number of rotatable bonds is 2. The summed E-state index contributed by atoms with van der Waals surface area (Å²) in [5, 5.41) is 4.63. The van der Waals surface area contributed by atoms with Crippen LogP contribution in [0.5, 0.6) is 0 Å². The second kappa shape index (κ2) is 6.75. The molecule has 1 aromatic rings. The molecular weight excluding hydrogens is 312 g/mol. The van der Waals surface area contributed by atoms with Crippen molar-refractivity contribution in [1.82, 2.24) is 19.6 Å². The fraction of sp³-hybridized carbons (Fsp3) is 0.800. The Hall–Kier alpha value is -1.36. The number of aromatic nitrogens is 2. The van der Waals surface area contributed by atoms with E-state index in [0.29, 0.717) is 18.0 Å². The van der Waals surface area contributed by atoms with E-state index >= 15 is 0 Å². The number of likely N-dealkylation sites (tertiary alicyclic amines) is 2. The Morgan fingerprint density at radius 3 is 2.24 bits per heavy atom. The first-order valence-corrected chi connectivity index (χ1v) is 9.75. The van der Waals surface area contributed by atoms with Crippen molar-refractivity contribution in [3.63, 3.8) is 0 Å². The molecule has 0 bridgehead atoms. The molecule has 5 heteroatoms. The minimum absolute atomic E-state index is 0.271. The molecular formula is C20H34N4O. The third kappa shape index (κ3) is 3.48. The summed E-state index contributed by atoms with van der Waals surface area (Å²) in [6.07, 6.45) is 4.68. The van der Waals surface area contributed by atoms with Crippen LogP contribution in [-0.4, -0.2) is 51.2 Å². The molecule has 0 N–H and O–H groups in total. The Morgan fingerprint density at radius 1 is 1.08 bits per heavy atom. The average Bonchev–Trinajstić information content (AvgIpc) is 3.11. The van der Waals surface area contributed by atoms with Gasteiger partial charge in [-0.2, -0.15) is 5.10 Å². The third-order valence-electron chi connectivity index (χ3n) is 6.05. The van der Waals surface area contributed by atoms with E-state index in [1.54, 1.807) is 0 Å². The van der Waals surface area contributed by atoms with Crippen molar-refractivity contribution >= 4 is 5.91 Å². The molecule has 3 heterocycles. The van der Waals surface area contributed by atoms with Gasteiger partial charge < -0.3 is 4.90 Å². The van der Waals surface area contributed by atoms with Crippen LogP contribution in [0.1, 0.15) is 69.4 Å². The summed E-state index contributed by atoms with van der Waals surface area (Å²) < 4.78 is 2.02. The maximum Gasteiger partial charge on any atom is 0.227 e. The van der Waals surface area contributed by atoms with Gasteiger partial charge in [0.05, 0.1) is 5.69 Å². The lowest BCUT2D eigenvalue weighted by atomic mass is 9.92. The van der Waals surface area contributed by atoms with Gasteiger partial charge in [0.15, 0.2) is 0 Å². The van der Waals surface area contributed by atoms with Gasteiger partial charge in [-0.05, 0) is 46.1 Å². The van der Waals surface area contributed by atoms with E-state index in [1.807, 2.05) is 32.5 Å². The summed E-state index contributed by atoms with van der Waals surface area (Å²) >= 11 is 0. The van der Waals surface area contributed by atoms with Crippen molar-refractivity contribution < 1.29 is 4.79 Å². The van der Waals surface area contributed by atoms with Crippen LogP contribution in [0.15, 0.2) is 0 Å². The van der Waals surface area contributed by atoms with Crippen molar-refractivity contribution in [2.45, 2.75) is 72.4 Å². The fourth-order valence-corrected chi connectivity index (χ4v) is 4.68. The van der Waals surface area contributed by atoms with E-state index in [9.17, 15) is 4.79 Å². The molecule has 0 radical (unpaired) electrons. The van der Waals surface area contributed by atoms with Gasteiger partial charge >= 0.3 is 0 Å². The molecule has 2 fully saturated rings. The van der Waals surface area contributed by atoms with E-state index in [2.05, 4.69) is 28.7 Å². The van der Waals surface area contributed by atoms with E-state index in [0.717, 1.165) is 25.9 Å². The first-order valence-electron chi connectivity index (χ1n) is 9.75. The van der Waals surface area contributed by atoms with Gasteiger partial charge in [0.1, 0.15) is 0 Å². The highest BCUT2D eigenvalue weighted by atomic mass is 16.2. The number of hydrogen-bond donors (Lipinski definition) is 0. The number of hydrogen-bond acceptors (Lipinski definition) is 3. The molecule has 0 aliphatic carbocycles. The Bertz CT molecular complexity index is 635. The quantitative estimate of drug-likeness (QED) is 0.826. The van der Waals surface area contributed by atoms with Crippen LogP contribution >= 0.6 is 0 Å². The third-order valence-corrected chi connectivity index (χ3v) is 6.05. The second-order valence-corrected chi connectivity index (χ2v) is 8.88. The Morgan fingerprint density at radius 2 is 1.72 bits per heavy atom. The van der Waals surface area contributed by atoms with Crippen molar-refractivity contribution in [3.05, 3.63) is 17.0 Å². The van der Waals surface area contributed by atoms with Crippen molar-refractivity contribution in [1.29, 1.82) is 0 Å². The van der Waals surface area contributed by atoms with E-state index < -0.39 is 0 Å². The summed E-state index contributed by atoms with van der Waals surface area (Å²) in [6, 6.07) is 1.10. The van der Waals surface area contributed by atoms with Crippen LogP contribution in [0.4, 0.5) is 0 Å². The molecule has 2 saturated heterocycles. The normalized spacial score (nSPS) is 23.4. The summed E-state index contributed by atoms with van der Waals surface area (Å²) in [4.78, 5) is 17.3. The Balaban J connectivity index is 1.70. The zero-order valence-electron chi connectivity index (χ0n) is 16.8. The van der Waals surface area contributed by atoms with Crippen LogP contribution in [0.25, 0.3) is 0 Å². The van der Waals surface area contributed by atoms with Crippen LogP contribution in [0.2, 0.25) is 0 Å². The van der Waals surface area contributed by atoms with Gasteiger partial charge in [-0.1, -0.05) is 20.8 Å². The van der Waals surface area contributed by atoms with E-state index in [-0.39, 0.29) is 5.41 Å². The minimum Gasteiger partial charge on any atom is -0.342 e. The van der Waals surface area contributed by atoms with E-state index in [1.165, 1.54) is 36.3 Å². The largest absolute Gasteiger partial charge is 0.342 e. The molecule has 0 unspecified atom stereocenters. The molecule has 0 spiro atoms. The van der Waals surface area contributed by atoms with Crippen LogP contribution in [0.3, 0.4) is 0 Å². The zero-order chi connectivity index (χ0) is 18.4. The topological polar surface area (TPSA) is 41.4 Å². The van der Waals surface area contributed by atoms with Gasteiger partial charge in [0, 0.05) is 48.9 Å². The molecule has 1 aromatic heterocycles. The van der Waals surface area contributed by atoms with Crippen LogP contribution < -0.4 is 0 Å². The maximum atomic E-state index is 12.5. The smallest absolute Gasteiger partial charge is 0.227 e. The molecule has 5 nitrogen and oxygen atoms in total. The predicted octanol–water partition coefficient (Wildman–Crippen LogP) is 3.21. The van der Waals surface area contributed by atoms with Gasteiger partial charge in [0.2, 0.25) is 5.91 Å². The SMILES string of the molecule is Cc1nn(C)c(C)c1[C@H]1CCCN1C1CCN(C(=O)C(C)(C)C)CC1. The lowest BCUT2D eigenvalue weighted by molar-refractivity contribution is -0.141. The lowest BCUT2D eigenvalue weighted by Crippen LogP contribution is -2.49. The number of piperidine rings is 1. The highest BCUT2D eigenvalue weighted by Gasteiger charge is 2.37. The molecule has 3 rings (SSSR count). The first kappa shape index (κ1) is 18.4. The first-order chi connectivity index (χ1) is 11.7. The number of carbonyl (C=O) groups excluding carboxylic acids is 1. The van der Waals surface area contributed by atoms with Gasteiger partial charge in [-0.15, -0.1) is 0 Å². The maximum absolute atomic E-state index is 12.5. The summed E-state index contributed by atoms with van der Waals surface area (Å²) in [5.41, 5.74) is 3.65. The number of amides is 1. The highest BCUT2D eigenvalue weighted by molar-refractivity contribution is 5.81. The molecule has 0 aromatic carbocycles. The summed E-state index contributed by atoms with van der Waals surface area (Å²) in [5.74, 6) is 0.294.